The van der Waals surface area contributed by atoms with E-state index in [0.29, 0.717) is 35.7 Å². The van der Waals surface area contributed by atoms with Crippen LogP contribution in [0.2, 0.25) is 0 Å². The van der Waals surface area contributed by atoms with Crippen molar-refractivity contribution in [1.29, 1.82) is 0 Å². The van der Waals surface area contributed by atoms with Crippen LogP contribution in [0, 0.1) is 52.8 Å². The molecule has 0 heterocycles. The van der Waals surface area contributed by atoms with Gasteiger partial charge in [0.1, 0.15) is 18.3 Å². The van der Waals surface area contributed by atoms with E-state index < -0.39 is 6.16 Å². The summed E-state index contributed by atoms with van der Waals surface area (Å²) in [5.74, 6) is 4.67. The number of rotatable bonds is 13. The van der Waals surface area contributed by atoms with Crippen molar-refractivity contribution in [1.82, 2.24) is 4.90 Å². The fourth-order valence-electron chi connectivity index (χ4n) is 14.3. The van der Waals surface area contributed by atoms with Crippen LogP contribution in [-0.4, -0.2) is 66.7 Å². The molecule has 0 aromatic carbocycles. The van der Waals surface area contributed by atoms with Gasteiger partial charge in [0, 0.05) is 32.2 Å². The fraction of sp³-hybridized carbons (Fsp3) is 0.891. The largest absolute Gasteiger partial charge is 0.508 e. The van der Waals surface area contributed by atoms with Crippen molar-refractivity contribution in [2.45, 2.75) is 251 Å². The lowest BCUT2D eigenvalue weighted by molar-refractivity contribution is -0.152. The Labute approximate surface area is 379 Å². The molecule has 7 fully saturated rings. The normalized spacial score (nSPS) is 39.5. The summed E-state index contributed by atoms with van der Waals surface area (Å²) >= 11 is 0. The van der Waals surface area contributed by atoms with Crippen LogP contribution in [0.5, 0.6) is 0 Å². The van der Waals surface area contributed by atoms with Gasteiger partial charge in [-0.25, -0.2) is 4.79 Å². The van der Waals surface area contributed by atoms with E-state index in [1.165, 1.54) is 116 Å². The molecule has 7 heteroatoms. The van der Waals surface area contributed by atoms with Crippen molar-refractivity contribution in [3.05, 3.63) is 24.3 Å². The highest BCUT2D eigenvalue weighted by molar-refractivity contribution is 5.66. The molecule has 0 aliphatic heterocycles. The monoisotopic (exact) mass is 862 g/mol. The van der Waals surface area contributed by atoms with E-state index in [9.17, 15) is 9.59 Å². The van der Waals surface area contributed by atoms with Crippen LogP contribution in [0.3, 0.4) is 0 Å². The van der Waals surface area contributed by atoms with E-state index in [4.69, 9.17) is 18.9 Å². The molecule has 7 nitrogen and oxygen atoms in total. The van der Waals surface area contributed by atoms with Gasteiger partial charge in [0.05, 0.1) is 6.10 Å². The summed E-state index contributed by atoms with van der Waals surface area (Å²) in [5, 5.41) is 0. The molecule has 7 rings (SSSR count). The number of ether oxygens (including phenoxy) is 4. The second-order valence-corrected chi connectivity index (χ2v) is 22.9. The second kappa shape index (κ2) is 23.0. The number of esters is 1. The smallest absolute Gasteiger partial charge is 0.462 e. The van der Waals surface area contributed by atoms with Crippen LogP contribution in [0.25, 0.3) is 0 Å². The zero-order valence-electron chi connectivity index (χ0n) is 40.5. The van der Waals surface area contributed by atoms with Gasteiger partial charge < -0.3 is 18.9 Å². The number of hydrogen-bond acceptors (Lipinski definition) is 7. The SMILES string of the molecule is COC1CCC(C=CC2CCC(N(C3CCCCC3)C3CCC(C=CC4CCC(OC(=O)OC5CCC(C(C)(C)C6CCC(OC(C)=O)C(C)C6)CC5C)CC4)CC3)CC2)CC1. The molecule has 0 aromatic heterocycles. The molecule has 0 bridgehead atoms. The second-order valence-electron chi connectivity index (χ2n) is 22.9. The fourth-order valence-corrected chi connectivity index (χ4v) is 14.3. The topological polar surface area (TPSA) is 74.3 Å². The number of hydrogen-bond donors (Lipinski definition) is 0. The van der Waals surface area contributed by atoms with Crippen molar-refractivity contribution in [2.75, 3.05) is 7.11 Å². The van der Waals surface area contributed by atoms with E-state index >= 15 is 0 Å². The molecule has 0 spiro atoms. The number of methoxy groups -OCH3 is 1. The van der Waals surface area contributed by atoms with Crippen molar-refractivity contribution in [3.63, 3.8) is 0 Å². The van der Waals surface area contributed by atoms with Gasteiger partial charge >= 0.3 is 12.1 Å². The highest BCUT2D eigenvalue weighted by atomic mass is 16.7. The average Bonchev–Trinajstić information content (AvgIpc) is 3.28. The molecule has 0 radical (unpaired) electrons. The molecule has 0 N–H and O–H groups in total. The maximum Gasteiger partial charge on any atom is 0.508 e. The number of allylic oxidation sites excluding steroid dienone is 4. The number of carbonyl (C=O) groups is 2. The van der Waals surface area contributed by atoms with E-state index in [0.717, 1.165) is 100 Å². The Morgan fingerprint density at radius 1 is 0.484 bits per heavy atom. The van der Waals surface area contributed by atoms with Crippen LogP contribution in [-0.2, 0) is 23.7 Å². The van der Waals surface area contributed by atoms with Crippen LogP contribution < -0.4 is 0 Å². The first kappa shape index (κ1) is 48.1. The first-order valence-corrected chi connectivity index (χ1v) is 26.7. The van der Waals surface area contributed by atoms with Gasteiger partial charge in [0.2, 0.25) is 0 Å². The van der Waals surface area contributed by atoms with Gasteiger partial charge in [-0.3, -0.25) is 9.69 Å². The quantitative estimate of drug-likeness (QED) is 0.135. The first-order valence-electron chi connectivity index (χ1n) is 26.7. The minimum absolute atomic E-state index is 0.0183. The van der Waals surface area contributed by atoms with Gasteiger partial charge in [-0.05, 0) is 207 Å². The standard InChI is InChI=1S/C55H91NO6/c1-38-36-45(24-34-52(38)60-40(3)57)55(4,5)46-25-35-53(39(2)37-46)62-54(58)61-51-32-22-44(23-33-51)15-13-42-18-28-49(29-19-42)56(47-10-8-7-9-11-47)48-26-16-41(17-27-48)12-14-43-20-30-50(59-6)31-21-43/h12-15,38-39,41-53H,7-11,16-37H2,1-6H3. The molecule has 7 aliphatic carbocycles. The summed E-state index contributed by atoms with van der Waals surface area (Å²) in [5.41, 5.74) is 0.207. The third kappa shape index (κ3) is 13.2. The van der Waals surface area contributed by atoms with Crippen LogP contribution in [0.1, 0.15) is 208 Å². The molecule has 0 amide bonds. The minimum Gasteiger partial charge on any atom is -0.462 e. The summed E-state index contributed by atoms with van der Waals surface area (Å²) in [7, 11) is 1.88. The molecule has 6 atom stereocenters. The molecule has 7 aliphatic rings. The van der Waals surface area contributed by atoms with Gasteiger partial charge in [-0.1, -0.05) is 71.3 Å². The van der Waals surface area contributed by atoms with Crippen LogP contribution in [0.15, 0.2) is 24.3 Å². The Kier molecular flexibility index (Phi) is 17.9. The average molecular weight is 862 g/mol. The Hall–Kier alpha value is -1.86. The molecule has 62 heavy (non-hydrogen) atoms. The highest BCUT2D eigenvalue weighted by Crippen LogP contribution is 2.51. The minimum atomic E-state index is -0.448. The van der Waals surface area contributed by atoms with Gasteiger partial charge in [-0.15, -0.1) is 0 Å². The van der Waals surface area contributed by atoms with E-state index in [1.807, 2.05) is 7.11 Å². The predicted octanol–water partition coefficient (Wildman–Crippen LogP) is 14.0. The van der Waals surface area contributed by atoms with E-state index in [1.54, 1.807) is 0 Å². The van der Waals surface area contributed by atoms with Crippen molar-refractivity contribution >= 4 is 12.1 Å². The lowest BCUT2D eigenvalue weighted by Gasteiger charge is -2.49. The van der Waals surface area contributed by atoms with Crippen molar-refractivity contribution in [3.8, 4) is 0 Å². The summed E-state index contributed by atoms with van der Waals surface area (Å²) in [6.45, 7) is 10.9. The highest BCUT2D eigenvalue weighted by Gasteiger charge is 2.45. The van der Waals surface area contributed by atoms with Gasteiger partial charge in [-0.2, -0.15) is 0 Å². The Morgan fingerprint density at radius 2 is 0.887 bits per heavy atom. The number of carbonyl (C=O) groups excluding carboxylic acids is 2. The summed E-state index contributed by atoms with van der Waals surface area (Å²) < 4.78 is 23.3. The Morgan fingerprint density at radius 3 is 1.31 bits per heavy atom. The van der Waals surface area contributed by atoms with Crippen molar-refractivity contribution in [2.24, 2.45) is 52.8 Å². The molecule has 0 aromatic rings. The predicted molar refractivity (Wildman–Crippen MR) is 251 cm³/mol. The van der Waals surface area contributed by atoms with Crippen LogP contribution in [0.4, 0.5) is 4.79 Å². The molecular weight excluding hydrogens is 771 g/mol. The summed E-state index contributed by atoms with van der Waals surface area (Å²) in [6, 6.07) is 2.40. The Bertz CT molecular complexity index is 1420. The lowest BCUT2D eigenvalue weighted by Crippen LogP contribution is -2.52. The molecule has 7 saturated carbocycles. The Balaban J connectivity index is 0.793. The molecular formula is C55H91NO6. The lowest BCUT2D eigenvalue weighted by atomic mass is 9.58. The zero-order valence-corrected chi connectivity index (χ0v) is 40.5. The molecule has 0 saturated heterocycles. The van der Waals surface area contributed by atoms with Gasteiger partial charge in [0.15, 0.2) is 0 Å². The number of nitrogens with zero attached hydrogens (tertiary/aromatic N) is 1. The van der Waals surface area contributed by atoms with E-state index in [-0.39, 0.29) is 29.7 Å². The zero-order chi connectivity index (χ0) is 43.6. The summed E-state index contributed by atoms with van der Waals surface area (Å²) in [6.07, 6.45) is 43.9. The third-order valence-electron chi connectivity index (χ3n) is 18.5. The van der Waals surface area contributed by atoms with Crippen LogP contribution >= 0.6 is 0 Å². The van der Waals surface area contributed by atoms with E-state index in [2.05, 4.69) is 56.9 Å². The molecule has 6 unspecified atom stereocenters. The third-order valence-corrected chi connectivity index (χ3v) is 18.5. The molecule has 352 valence electrons. The maximum absolute atomic E-state index is 13.1. The van der Waals surface area contributed by atoms with Gasteiger partial charge in [0.25, 0.3) is 0 Å². The first-order chi connectivity index (χ1) is 29.9. The maximum atomic E-state index is 13.1. The summed E-state index contributed by atoms with van der Waals surface area (Å²) in [4.78, 5) is 27.8. The van der Waals surface area contributed by atoms with Crippen molar-refractivity contribution < 1.29 is 28.5 Å².